The number of thioether (sulfide) groups is 1. The van der Waals surface area contributed by atoms with Crippen molar-refractivity contribution in [2.75, 3.05) is 6.61 Å². The van der Waals surface area contributed by atoms with Gasteiger partial charge in [0, 0.05) is 5.56 Å². The van der Waals surface area contributed by atoms with E-state index in [2.05, 4.69) is 0 Å². The number of ether oxygens (including phenoxy) is 1. The highest BCUT2D eigenvalue weighted by Gasteiger charge is 2.31. The molecular formula is C11H10F3O3S-. The Kier molecular flexibility index (Phi) is 4.89. The van der Waals surface area contributed by atoms with Crippen LogP contribution in [0.2, 0.25) is 0 Å². The van der Waals surface area contributed by atoms with Crippen LogP contribution in [0.25, 0.3) is 0 Å². The Bertz CT molecular complexity index is 432. The number of alkyl halides is 3. The van der Waals surface area contributed by atoms with E-state index in [-0.39, 0.29) is 22.8 Å². The highest BCUT2D eigenvalue weighted by molar-refractivity contribution is 8.00. The van der Waals surface area contributed by atoms with Crippen molar-refractivity contribution in [3.8, 4) is 5.75 Å². The van der Waals surface area contributed by atoms with Gasteiger partial charge in [-0.1, -0.05) is 13.0 Å². The second kappa shape index (κ2) is 5.99. The number of carbonyl (C=O) groups excluding carboxylic acids is 1. The molecule has 0 aliphatic heterocycles. The summed E-state index contributed by atoms with van der Waals surface area (Å²) in [5.74, 6) is -1.85. The van der Waals surface area contributed by atoms with Crippen LogP contribution in [0.4, 0.5) is 13.2 Å². The van der Waals surface area contributed by atoms with Crippen LogP contribution < -0.4 is 9.84 Å². The normalized spacial score (nSPS) is 11.3. The predicted molar refractivity (Wildman–Crippen MR) is 58.5 cm³/mol. The minimum absolute atomic E-state index is 0.135. The second-order valence-electron chi connectivity index (χ2n) is 3.32. The maximum Gasteiger partial charge on any atom is 0.446 e. The second-order valence-corrected chi connectivity index (χ2v) is 4.42. The highest BCUT2D eigenvalue weighted by atomic mass is 32.2. The topological polar surface area (TPSA) is 49.4 Å². The first kappa shape index (κ1) is 14.7. The standard InChI is InChI=1S/C11H11F3O3S/c1-2-6-17-9-7(10(15)16)4-3-5-8(9)18-11(12,13)14/h3-5H,2,6H2,1H3,(H,15,16)/p-1. The lowest BCUT2D eigenvalue weighted by Gasteiger charge is -2.16. The molecule has 0 N–H and O–H groups in total. The smallest absolute Gasteiger partial charge is 0.446 e. The van der Waals surface area contributed by atoms with Crippen molar-refractivity contribution in [2.24, 2.45) is 0 Å². The van der Waals surface area contributed by atoms with Crippen molar-refractivity contribution >= 4 is 17.7 Å². The van der Waals surface area contributed by atoms with Gasteiger partial charge in [-0.25, -0.2) is 0 Å². The van der Waals surface area contributed by atoms with Crippen molar-refractivity contribution < 1.29 is 27.8 Å². The van der Waals surface area contributed by atoms with Crippen molar-refractivity contribution in [1.82, 2.24) is 0 Å². The fraction of sp³-hybridized carbons (Fsp3) is 0.364. The molecule has 18 heavy (non-hydrogen) atoms. The number of carboxylic acid groups (broad SMARTS) is 1. The van der Waals surface area contributed by atoms with Gasteiger partial charge in [-0.2, -0.15) is 13.2 Å². The van der Waals surface area contributed by atoms with Gasteiger partial charge in [-0.3, -0.25) is 0 Å². The molecule has 7 heteroatoms. The van der Waals surface area contributed by atoms with Gasteiger partial charge in [0.05, 0.1) is 17.5 Å². The summed E-state index contributed by atoms with van der Waals surface area (Å²) in [6, 6.07) is 3.54. The minimum atomic E-state index is -4.51. The molecule has 0 aliphatic rings. The molecule has 0 aliphatic carbocycles. The van der Waals surface area contributed by atoms with Gasteiger partial charge in [0.1, 0.15) is 5.75 Å². The SMILES string of the molecule is CCCOc1c(SC(F)(F)F)cccc1C(=O)[O-]. The highest BCUT2D eigenvalue weighted by Crippen LogP contribution is 2.42. The Labute approximate surface area is 106 Å². The summed E-state index contributed by atoms with van der Waals surface area (Å²) in [6.45, 7) is 1.90. The number of halogens is 3. The van der Waals surface area contributed by atoms with Crippen LogP contribution in [0, 0.1) is 0 Å². The molecule has 0 unspecified atom stereocenters. The zero-order valence-electron chi connectivity index (χ0n) is 9.41. The largest absolute Gasteiger partial charge is 0.545 e. The third-order valence-corrected chi connectivity index (χ3v) is 2.65. The Balaban J connectivity index is 3.15. The molecule has 100 valence electrons. The Morgan fingerprint density at radius 1 is 1.44 bits per heavy atom. The summed E-state index contributed by atoms with van der Waals surface area (Å²) in [7, 11) is 0. The van der Waals surface area contributed by atoms with E-state index >= 15 is 0 Å². The lowest BCUT2D eigenvalue weighted by molar-refractivity contribution is -0.255. The van der Waals surface area contributed by atoms with Crippen molar-refractivity contribution in [1.29, 1.82) is 0 Å². The molecule has 0 aromatic heterocycles. The van der Waals surface area contributed by atoms with Gasteiger partial charge >= 0.3 is 5.51 Å². The third kappa shape index (κ3) is 4.14. The molecular weight excluding hydrogens is 269 g/mol. The van der Waals surface area contributed by atoms with E-state index in [0.29, 0.717) is 6.42 Å². The number of carboxylic acids is 1. The summed E-state index contributed by atoms with van der Waals surface area (Å²) >= 11 is -0.407. The molecule has 3 nitrogen and oxygen atoms in total. The van der Waals surface area contributed by atoms with Crippen LogP contribution in [0.3, 0.4) is 0 Å². The van der Waals surface area contributed by atoms with E-state index in [1.165, 1.54) is 6.07 Å². The van der Waals surface area contributed by atoms with Crippen LogP contribution in [-0.2, 0) is 0 Å². The molecule has 0 atom stereocenters. The Hall–Kier alpha value is -1.37. The zero-order valence-corrected chi connectivity index (χ0v) is 10.2. The van der Waals surface area contributed by atoms with Crippen molar-refractivity contribution in [3.63, 3.8) is 0 Å². The number of para-hydroxylation sites is 1. The summed E-state index contributed by atoms with van der Waals surface area (Å²) in [5, 5.41) is 10.8. The molecule has 0 bridgehead atoms. The average molecular weight is 279 g/mol. The molecule has 0 fully saturated rings. The van der Waals surface area contributed by atoms with Crippen LogP contribution in [-0.4, -0.2) is 18.1 Å². The summed E-state index contributed by atoms with van der Waals surface area (Å²) in [4.78, 5) is 10.5. The molecule has 0 saturated heterocycles. The first-order valence-electron chi connectivity index (χ1n) is 5.08. The Morgan fingerprint density at radius 3 is 2.61 bits per heavy atom. The van der Waals surface area contributed by atoms with Gasteiger partial charge in [0.25, 0.3) is 0 Å². The number of hydrogen-bond acceptors (Lipinski definition) is 4. The van der Waals surface area contributed by atoms with Gasteiger partial charge in [-0.05, 0) is 30.3 Å². The summed E-state index contributed by atoms with van der Waals surface area (Å²) in [5.41, 5.74) is -4.88. The number of aromatic carboxylic acids is 1. The van der Waals surface area contributed by atoms with Crippen LogP contribution >= 0.6 is 11.8 Å². The lowest BCUT2D eigenvalue weighted by atomic mass is 10.2. The number of benzene rings is 1. The van der Waals surface area contributed by atoms with E-state index < -0.39 is 23.2 Å². The monoisotopic (exact) mass is 279 g/mol. The molecule has 0 heterocycles. The lowest BCUT2D eigenvalue weighted by Crippen LogP contribution is -2.23. The van der Waals surface area contributed by atoms with Gasteiger partial charge < -0.3 is 14.6 Å². The molecule has 1 rings (SSSR count). The van der Waals surface area contributed by atoms with E-state index in [1.807, 2.05) is 0 Å². The first-order chi connectivity index (χ1) is 8.35. The minimum Gasteiger partial charge on any atom is -0.545 e. The van der Waals surface area contributed by atoms with E-state index in [4.69, 9.17) is 4.74 Å². The van der Waals surface area contributed by atoms with Crippen LogP contribution in [0.15, 0.2) is 23.1 Å². The average Bonchev–Trinajstić information content (AvgIpc) is 2.24. The number of rotatable bonds is 5. The third-order valence-electron chi connectivity index (χ3n) is 1.88. The molecule has 1 aromatic carbocycles. The van der Waals surface area contributed by atoms with Crippen molar-refractivity contribution in [3.05, 3.63) is 23.8 Å². The summed E-state index contributed by atoms with van der Waals surface area (Å²) in [6.07, 6.45) is 0.553. The quantitative estimate of drug-likeness (QED) is 0.777. The van der Waals surface area contributed by atoms with Gasteiger partial charge in [-0.15, -0.1) is 0 Å². The maximum atomic E-state index is 12.3. The summed E-state index contributed by atoms with van der Waals surface area (Å²) < 4.78 is 42.0. The van der Waals surface area contributed by atoms with Gasteiger partial charge in [0.15, 0.2) is 0 Å². The molecule has 0 saturated carbocycles. The number of carbonyl (C=O) groups is 1. The van der Waals surface area contributed by atoms with E-state index in [0.717, 1.165) is 12.1 Å². The molecule has 1 aromatic rings. The first-order valence-corrected chi connectivity index (χ1v) is 5.89. The fourth-order valence-electron chi connectivity index (χ4n) is 1.23. The molecule has 0 radical (unpaired) electrons. The van der Waals surface area contributed by atoms with E-state index in [1.54, 1.807) is 6.92 Å². The predicted octanol–water partition coefficient (Wildman–Crippen LogP) is 2.45. The maximum absolute atomic E-state index is 12.3. The zero-order chi connectivity index (χ0) is 13.8. The molecule has 0 spiro atoms. The number of hydrogen-bond donors (Lipinski definition) is 0. The van der Waals surface area contributed by atoms with E-state index in [9.17, 15) is 23.1 Å². The Morgan fingerprint density at radius 2 is 2.11 bits per heavy atom. The fourth-order valence-corrected chi connectivity index (χ4v) is 1.89. The van der Waals surface area contributed by atoms with Crippen LogP contribution in [0.5, 0.6) is 5.75 Å². The van der Waals surface area contributed by atoms with Crippen LogP contribution in [0.1, 0.15) is 23.7 Å². The van der Waals surface area contributed by atoms with Gasteiger partial charge in [0.2, 0.25) is 0 Å². The molecule has 0 amide bonds. The van der Waals surface area contributed by atoms with Crippen molar-refractivity contribution in [2.45, 2.75) is 23.7 Å².